The largest absolute Gasteiger partial charge is 0.435 e. The molecule has 1 heterocycles. The molecule has 0 saturated heterocycles. The molecule has 0 bridgehead atoms. The van der Waals surface area contributed by atoms with Crippen LogP contribution in [0.5, 0.6) is 11.6 Å². The first-order valence-electron chi connectivity index (χ1n) is 5.48. The Bertz CT molecular complexity index is 664. The second-order valence-electron chi connectivity index (χ2n) is 3.77. The van der Waals surface area contributed by atoms with Gasteiger partial charge in [0, 0.05) is 24.4 Å². The average molecular weight is 281 g/mol. The molecular formula is C12H9F2N3O3. The fourth-order valence-corrected chi connectivity index (χ4v) is 1.51. The van der Waals surface area contributed by atoms with Gasteiger partial charge in [-0.2, -0.15) is 4.39 Å². The molecule has 0 unspecified atom stereocenters. The van der Waals surface area contributed by atoms with E-state index in [1.165, 1.54) is 6.20 Å². The summed E-state index contributed by atoms with van der Waals surface area (Å²) < 4.78 is 32.2. The number of halogens is 2. The van der Waals surface area contributed by atoms with Crippen LogP contribution >= 0.6 is 0 Å². The molecule has 0 atom stereocenters. The molecule has 0 radical (unpaired) electrons. The van der Waals surface area contributed by atoms with Crippen molar-refractivity contribution in [2.75, 3.05) is 0 Å². The lowest BCUT2D eigenvalue weighted by atomic mass is 10.2. The maximum absolute atomic E-state index is 13.7. The molecule has 0 saturated carbocycles. The van der Waals surface area contributed by atoms with Gasteiger partial charge in [0.2, 0.25) is 11.7 Å². The van der Waals surface area contributed by atoms with Gasteiger partial charge in [0.1, 0.15) is 0 Å². The highest BCUT2D eigenvalue weighted by atomic mass is 19.1. The molecule has 2 N–H and O–H groups in total. The molecular weight excluding hydrogens is 272 g/mol. The van der Waals surface area contributed by atoms with Crippen LogP contribution in [0.3, 0.4) is 0 Å². The normalized spacial score (nSPS) is 10.3. The van der Waals surface area contributed by atoms with Gasteiger partial charge in [0.25, 0.3) is 0 Å². The Morgan fingerprint density at radius 1 is 1.35 bits per heavy atom. The maximum atomic E-state index is 13.7. The molecule has 1 aromatic heterocycles. The molecule has 8 heteroatoms. The Morgan fingerprint density at radius 3 is 2.75 bits per heavy atom. The van der Waals surface area contributed by atoms with E-state index in [-0.39, 0.29) is 12.4 Å². The highest BCUT2D eigenvalue weighted by Gasteiger charge is 2.20. The fourth-order valence-electron chi connectivity index (χ4n) is 1.51. The molecule has 0 spiro atoms. The van der Waals surface area contributed by atoms with E-state index in [9.17, 15) is 18.9 Å². The molecule has 104 valence electrons. The van der Waals surface area contributed by atoms with Gasteiger partial charge in [0.15, 0.2) is 11.6 Å². The number of pyridine rings is 1. The summed E-state index contributed by atoms with van der Waals surface area (Å²) in [5.41, 5.74) is 4.99. The van der Waals surface area contributed by atoms with Gasteiger partial charge in [-0.05, 0) is 6.07 Å². The number of nitrogens with zero attached hydrogens (tertiary/aromatic N) is 2. The van der Waals surface area contributed by atoms with Crippen molar-refractivity contribution in [3.05, 3.63) is 57.8 Å². The highest BCUT2D eigenvalue weighted by molar-refractivity contribution is 5.41. The minimum atomic E-state index is -1.20. The lowest BCUT2D eigenvalue weighted by molar-refractivity contribution is -0.387. The summed E-state index contributed by atoms with van der Waals surface area (Å²) in [4.78, 5) is 13.3. The van der Waals surface area contributed by atoms with Crippen molar-refractivity contribution in [2.24, 2.45) is 5.73 Å². The SMILES string of the molecule is NCc1cccnc1Oc1cc(F)c([N+](=O)[O-])cc1F. The summed E-state index contributed by atoms with van der Waals surface area (Å²) in [7, 11) is 0. The first-order valence-corrected chi connectivity index (χ1v) is 5.48. The summed E-state index contributed by atoms with van der Waals surface area (Å²) in [5.74, 6) is -2.74. The van der Waals surface area contributed by atoms with E-state index in [4.69, 9.17) is 10.5 Å². The quantitative estimate of drug-likeness (QED) is 0.686. The van der Waals surface area contributed by atoms with Crippen LogP contribution in [0.25, 0.3) is 0 Å². The van der Waals surface area contributed by atoms with Crippen LogP contribution in [0.2, 0.25) is 0 Å². The van der Waals surface area contributed by atoms with E-state index in [2.05, 4.69) is 4.98 Å². The van der Waals surface area contributed by atoms with Crippen molar-refractivity contribution in [1.29, 1.82) is 0 Å². The van der Waals surface area contributed by atoms with Crippen molar-refractivity contribution in [2.45, 2.75) is 6.54 Å². The lowest BCUT2D eigenvalue weighted by Crippen LogP contribution is -2.02. The third-order valence-corrected chi connectivity index (χ3v) is 2.47. The number of hydrogen-bond acceptors (Lipinski definition) is 5. The van der Waals surface area contributed by atoms with Crippen molar-refractivity contribution >= 4 is 5.69 Å². The third kappa shape index (κ3) is 2.69. The molecule has 1 aromatic carbocycles. The summed E-state index contributed by atoms with van der Waals surface area (Å²) in [6.45, 7) is 0.0975. The fraction of sp³-hybridized carbons (Fsp3) is 0.0833. The summed E-state index contributed by atoms with van der Waals surface area (Å²) in [6.07, 6.45) is 1.40. The van der Waals surface area contributed by atoms with Crippen molar-refractivity contribution in [1.82, 2.24) is 4.98 Å². The Labute approximate surface area is 112 Å². The molecule has 6 nitrogen and oxygen atoms in total. The molecule has 2 aromatic rings. The summed E-state index contributed by atoms with van der Waals surface area (Å²) >= 11 is 0. The smallest absolute Gasteiger partial charge is 0.307 e. The van der Waals surface area contributed by atoms with Crippen LogP contribution in [-0.2, 0) is 6.54 Å². The second-order valence-corrected chi connectivity index (χ2v) is 3.77. The van der Waals surface area contributed by atoms with Gasteiger partial charge in [-0.3, -0.25) is 10.1 Å². The lowest BCUT2D eigenvalue weighted by Gasteiger charge is -2.09. The second kappa shape index (κ2) is 5.57. The van der Waals surface area contributed by atoms with E-state index < -0.39 is 28.0 Å². The van der Waals surface area contributed by atoms with E-state index in [1.807, 2.05) is 0 Å². The molecule has 0 fully saturated rings. The van der Waals surface area contributed by atoms with Gasteiger partial charge in [-0.1, -0.05) is 6.07 Å². The van der Waals surface area contributed by atoms with Crippen molar-refractivity contribution in [3.8, 4) is 11.6 Å². The van der Waals surface area contributed by atoms with Gasteiger partial charge >= 0.3 is 5.69 Å². The number of rotatable bonds is 4. The summed E-state index contributed by atoms with van der Waals surface area (Å²) in [6, 6.07) is 4.28. The molecule has 0 aliphatic rings. The number of ether oxygens (including phenoxy) is 1. The van der Waals surface area contributed by atoms with Crippen LogP contribution < -0.4 is 10.5 Å². The van der Waals surface area contributed by atoms with Crippen LogP contribution in [0, 0.1) is 21.7 Å². The van der Waals surface area contributed by atoms with Crippen molar-refractivity contribution < 1.29 is 18.4 Å². The van der Waals surface area contributed by atoms with Crippen LogP contribution in [-0.4, -0.2) is 9.91 Å². The third-order valence-electron chi connectivity index (χ3n) is 2.47. The Hall–Kier alpha value is -2.61. The summed E-state index contributed by atoms with van der Waals surface area (Å²) in [5, 5.41) is 10.5. The monoisotopic (exact) mass is 281 g/mol. The molecule has 0 amide bonds. The van der Waals surface area contributed by atoms with Gasteiger partial charge in [0.05, 0.1) is 11.0 Å². The number of nitro groups is 1. The number of nitrogens with two attached hydrogens (primary N) is 1. The molecule has 0 aliphatic carbocycles. The predicted molar refractivity (Wildman–Crippen MR) is 65.2 cm³/mol. The zero-order valence-electron chi connectivity index (χ0n) is 10.0. The number of hydrogen-bond donors (Lipinski definition) is 1. The van der Waals surface area contributed by atoms with Crippen LogP contribution in [0.4, 0.5) is 14.5 Å². The van der Waals surface area contributed by atoms with E-state index in [0.29, 0.717) is 17.7 Å². The number of benzene rings is 1. The average Bonchev–Trinajstić information content (AvgIpc) is 2.42. The molecule has 20 heavy (non-hydrogen) atoms. The zero-order valence-corrected chi connectivity index (χ0v) is 10.0. The number of nitro benzene ring substituents is 1. The zero-order chi connectivity index (χ0) is 14.7. The first-order chi connectivity index (χ1) is 9.52. The van der Waals surface area contributed by atoms with Crippen LogP contribution in [0.15, 0.2) is 30.5 Å². The van der Waals surface area contributed by atoms with Gasteiger partial charge in [-0.15, -0.1) is 0 Å². The minimum absolute atomic E-state index is 0.0159. The van der Waals surface area contributed by atoms with E-state index in [0.717, 1.165) is 0 Å². The van der Waals surface area contributed by atoms with Gasteiger partial charge < -0.3 is 10.5 Å². The first kappa shape index (κ1) is 13.8. The van der Waals surface area contributed by atoms with Crippen LogP contribution in [0.1, 0.15) is 5.56 Å². The Balaban J connectivity index is 2.39. The number of aromatic nitrogens is 1. The van der Waals surface area contributed by atoms with E-state index in [1.54, 1.807) is 12.1 Å². The topological polar surface area (TPSA) is 91.3 Å². The predicted octanol–water partition coefficient (Wildman–Crippen LogP) is 2.52. The van der Waals surface area contributed by atoms with Gasteiger partial charge in [-0.25, -0.2) is 9.37 Å². The Kier molecular flexibility index (Phi) is 3.85. The minimum Gasteiger partial charge on any atom is -0.435 e. The van der Waals surface area contributed by atoms with E-state index >= 15 is 0 Å². The highest BCUT2D eigenvalue weighted by Crippen LogP contribution is 2.30. The molecule has 2 rings (SSSR count). The Morgan fingerprint density at radius 2 is 2.10 bits per heavy atom. The van der Waals surface area contributed by atoms with Crippen molar-refractivity contribution in [3.63, 3.8) is 0 Å². The standard InChI is InChI=1S/C12H9F2N3O3/c13-8-5-11(9(14)4-10(8)17(18)19)20-12-7(6-15)2-1-3-16-12/h1-5H,6,15H2. The maximum Gasteiger partial charge on any atom is 0.307 e. The molecule has 0 aliphatic heterocycles.